The van der Waals surface area contributed by atoms with Crippen LogP contribution in [0.15, 0.2) is 78.2 Å². The predicted molar refractivity (Wildman–Crippen MR) is 161 cm³/mol. The van der Waals surface area contributed by atoms with E-state index < -0.39 is 0 Å². The lowest BCUT2D eigenvalue weighted by molar-refractivity contribution is -0.123. The van der Waals surface area contributed by atoms with E-state index in [-0.39, 0.29) is 24.3 Å². The van der Waals surface area contributed by atoms with E-state index in [0.717, 1.165) is 45.3 Å². The largest absolute Gasteiger partial charge is 0.493 e. The topological polar surface area (TPSA) is 65.1 Å². The smallest absolute Gasteiger partial charge is 0.293 e. The molecular formula is C33H35NO5S. The Morgan fingerprint density at radius 1 is 1.00 bits per heavy atom. The second kappa shape index (κ2) is 13.4. The number of nitrogens with zero attached hydrogens (tertiary/aromatic N) is 1. The summed E-state index contributed by atoms with van der Waals surface area (Å²) in [6, 6.07) is 19.8. The molecule has 0 saturated carbocycles. The SMILES string of the molecule is C=CCc1cc(/C=C2\SC(=O)N(CCOc3cc(C)ccc3C(C)C)C2=O)cc(OC)c1OCc1ccccc1. The molecule has 0 spiro atoms. The molecule has 208 valence electrons. The first-order chi connectivity index (χ1) is 19.3. The molecule has 7 heteroatoms. The highest BCUT2D eigenvalue weighted by atomic mass is 32.2. The summed E-state index contributed by atoms with van der Waals surface area (Å²) in [6.07, 6.45) is 4.07. The Hall–Kier alpha value is -3.97. The maximum atomic E-state index is 13.2. The Morgan fingerprint density at radius 2 is 1.77 bits per heavy atom. The van der Waals surface area contributed by atoms with Gasteiger partial charge in [0, 0.05) is 5.56 Å². The number of thioether (sulfide) groups is 1. The van der Waals surface area contributed by atoms with Gasteiger partial charge in [0.1, 0.15) is 19.0 Å². The van der Waals surface area contributed by atoms with Gasteiger partial charge in [0.15, 0.2) is 11.5 Å². The highest BCUT2D eigenvalue weighted by Gasteiger charge is 2.35. The third-order valence-electron chi connectivity index (χ3n) is 6.50. The van der Waals surface area contributed by atoms with Gasteiger partial charge in [0.05, 0.1) is 18.6 Å². The molecule has 4 rings (SSSR count). The molecule has 6 nitrogen and oxygen atoms in total. The van der Waals surface area contributed by atoms with Crippen molar-refractivity contribution < 1.29 is 23.8 Å². The lowest BCUT2D eigenvalue weighted by Crippen LogP contribution is -2.32. The normalized spacial score (nSPS) is 14.2. The summed E-state index contributed by atoms with van der Waals surface area (Å²) in [5.41, 5.74) is 4.85. The number of benzene rings is 3. The van der Waals surface area contributed by atoms with Crippen molar-refractivity contribution in [3.63, 3.8) is 0 Å². The summed E-state index contributed by atoms with van der Waals surface area (Å²) in [4.78, 5) is 27.5. The maximum Gasteiger partial charge on any atom is 0.293 e. The maximum absolute atomic E-state index is 13.2. The molecule has 0 unspecified atom stereocenters. The van der Waals surface area contributed by atoms with Gasteiger partial charge in [-0.05, 0) is 77.6 Å². The van der Waals surface area contributed by atoms with Crippen molar-refractivity contribution in [3.8, 4) is 17.2 Å². The third kappa shape index (κ3) is 6.96. The Morgan fingerprint density at radius 3 is 2.48 bits per heavy atom. The first kappa shape index (κ1) is 29.0. The van der Waals surface area contributed by atoms with Gasteiger partial charge in [-0.25, -0.2) is 0 Å². The van der Waals surface area contributed by atoms with Crippen molar-refractivity contribution in [1.29, 1.82) is 0 Å². The summed E-state index contributed by atoms with van der Waals surface area (Å²) in [5, 5.41) is -0.311. The number of carbonyl (C=O) groups excluding carboxylic acids is 2. The fraction of sp³-hybridized carbons (Fsp3) is 0.273. The Labute approximate surface area is 240 Å². The molecule has 0 aromatic heterocycles. The lowest BCUT2D eigenvalue weighted by atomic mass is 10.0. The number of aryl methyl sites for hydroxylation is 1. The van der Waals surface area contributed by atoms with Gasteiger partial charge in [0.25, 0.3) is 11.1 Å². The summed E-state index contributed by atoms with van der Waals surface area (Å²) >= 11 is 0.929. The summed E-state index contributed by atoms with van der Waals surface area (Å²) < 4.78 is 17.8. The minimum Gasteiger partial charge on any atom is -0.493 e. The number of rotatable bonds is 12. The number of hydrogen-bond donors (Lipinski definition) is 0. The van der Waals surface area contributed by atoms with Crippen LogP contribution < -0.4 is 14.2 Å². The first-order valence-electron chi connectivity index (χ1n) is 13.3. The van der Waals surface area contributed by atoms with Gasteiger partial charge in [-0.3, -0.25) is 14.5 Å². The number of ether oxygens (including phenoxy) is 3. The first-order valence-corrected chi connectivity index (χ1v) is 14.1. The van der Waals surface area contributed by atoms with Crippen LogP contribution in [-0.4, -0.2) is 36.3 Å². The molecule has 0 atom stereocenters. The number of carbonyl (C=O) groups is 2. The molecule has 1 heterocycles. The fourth-order valence-corrected chi connectivity index (χ4v) is 5.32. The van der Waals surface area contributed by atoms with Crippen LogP contribution in [0, 0.1) is 6.92 Å². The van der Waals surface area contributed by atoms with Crippen molar-refractivity contribution >= 4 is 29.0 Å². The molecule has 0 N–H and O–H groups in total. The number of amides is 2. The van der Waals surface area contributed by atoms with E-state index in [9.17, 15) is 9.59 Å². The van der Waals surface area contributed by atoms with Crippen LogP contribution in [0.5, 0.6) is 17.2 Å². The summed E-state index contributed by atoms with van der Waals surface area (Å²) in [6.45, 7) is 10.9. The second-order valence-corrected chi connectivity index (χ2v) is 10.8. The van der Waals surface area contributed by atoms with Crippen LogP contribution in [-0.2, 0) is 17.8 Å². The van der Waals surface area contributed by atoms with Crippen LogP contribution in [0.4, 0.5) is 4.79 Å². The number of imide groups is 1. The molecule has 3 aromatic rings. The van der Waals surface area contributed by atoms with Gasteiger partial charge in [-0.15, -0.1) is 6.58 Å². The quantitative estimate of drug-likeness (QED) is 0.169. The molecule has 0 bridgehead atoms. The molecule has 1 aliphatic heterocycles. The van der Waals surface area contributed by atoms with Crippen molar-refractivity contribution in [2.75, 3.05) is 20.3 Å². The monoisotopic (exact) mass is 557 g/mol. The van der Waals surface area contributed by atoms with Gasteiger partial charge in [-0.2, -0.15) is 0 Å². The van der Waals surface area contributed by atoms with E-state index in [2.05, 4.69) is 32.6 Å². The fourth-order valence-electron chi connectivity index (χ4n) is 4.45. The highest BCUT2D eigenvalue weighted by Crippen LogP contribution is 2.37. The van der Waals surface area contributed by atoms with Crippen molar-refractivity contribution in [3.05, 3.63) is 106 Å². The van der Waals surface area contributed by atoms with Crippen LogP contribution in [0.1, 0.15) is 47.6 Å². The Bertz CT molecular complexity index is 1410. The Kier molecular flexibility index (Phi) is 9.72. The molecule has 40 heavy (non-hydrogen) atoms. The minimum atomic E-state index is -0.333. The van der Waals surface area contributed by atoms with Crippen molar-refractivity contribution in [2.45, 2.75) is 39.7 Å². The van der Waals surface area contributed by atoms with Crippen molar-refractivity contribution in [1.82, 2.24) is 4.90 Å². The van der Waals surface area contributed by atoms with Crippen LogP contribution in [0.3, 0.4) is 0 Å². The van der Waals surface area contributed by atoms with Crippen molar-refractivity contribution in [2.24, 2.45) is 0 Å². The third-order valence-corrected chi connectivity index (χ3v) is 7.41. The summed E-state index contributed by atoms with van der Waals surface area (Å²) in [7, 11) is 1.58. The van der Waals surface area contributed by atoms with E-state index in [0.29, 0.717) is 35.3 Å². The van der Waals surface area contributed by atoms with Gasteiger partial charge in [-0.1, -0.05) is 62.4 Å². The van der Waals surface area contributed by atoms with E-state index in [1.807, 2.05) is 55.5 Å². The standard InChI is InChI=1S/C33H35NO5S/c1-6-10-26-18-25(19-29(37-5)31(26)39-21-24-11-8-7-9-12-24)20-30-32(35)34(33(36)40-30)15-16-38-28-17-23(4)13-14-27(28)22(2)3/h6-9,11-14,17-20,22H,1,10,15-16,21H2,2-5H3/b30-20-. The number of allylic oxidation sites excluding steroid dienone is 1. The average molecular weight is 558 g/mol. The van der Waals surface area contributed by atoms with Crippen LogP contribution >= 0.6 is 11.8 Å². The zero-order chi connectivity index (χ0) is 28.6. The molecule has 1 saturated heterocycles. The molecule has 1 fully saturated rings. The van der Waals surface area contributed by atoms with E-state index in [4.69, 9.17) is 14.2 Å². The molecular weight excluding hydrogens is 522 g/mol. The van der Waals surface area contributed by atoms with Crippen LogP contribution in [0.2, 0.25) is 0 Å². The van der Waals surface area contributed by atoms with E-state index in [1.165, 1.54) is 4.90 Å². The zero-order valence-electron chi connectivity index (χ0n) is 23.4. The highest BCUT2D eigenvalue weighted by molar-refractivity contribution is 8.18. The van der Waals surface area contributed by atoms with Gasteiger partial charge < -0.3 is 14.2 Å². The Balaban J connectivity index is 1.49. The van der Waals surface area contributed by atoms with Gasteiger partial charge in [0.2, 0.25) is 0 Å². The van der Waals surface area contributed by atoms with Crippen LogP contribution in [0.25, 0.3) is 6.08 Å². The second-order valence-electron chi connectivity index (χ2n) is 9.86. The summed E-state index contributed by atoms with van der Waals surface area (Å²) in [5.74, 6) is 1.93. The molecule has 1 aliphatic rings. The minimum absolute atomic E-state index is 0.171. The number of methoxy groups -OCH3 is 1. The zero-order valence-corrected chi connectivity index (χ0v) is 24.3. The molecule has 2 amide bonds. The predicted octanol–water partition coefficient (Wildman–Crippen LogP) is 7.55. The number of hydrogen-bond acceptors (Lipinski definition) is 6. The van der Waals surface area contributed by atoms with Gasteiger partial charge >= 0.3 is 0 Å². The van der Waals surface area contributed by atoms with E-state index in [1.54, 1.807) is 19.3 Å². The molecule has 0 aliphatic carbocycles. The molecule has 3 aromatic carbocycles. The average Bonchev–Trinajstić information content (AvgIpc) is 3.20. The van der Waals surface area contributed by atoms with E-state index >= 15 is 0 Å². The lowest BCUT2D eigenvalue weighted by Gasteiger charge is -2.17. The molecule has 0 radical (unpaired) electrons.